The van der Waals surface area contributed by atoms with Gasteiger partial charge in [-0.3, -0.25) is 4.79 Å². The Morgan fingerprint density at radius 1 is 1.03 bits per heavy atom. The molecule has 8 nitrogen and oxygen atoms in total. The number of hydrogen-bond acceptors (Lipinski definition) is 7. The second kappa shape index (κ2) is 11.1. The normalized spacial score (nSPS) is 12.0. The lowest BCUT2D eigenvalue weighted by molar-refractivity contribution is 0.0574. The van der Waals surface area contributed by atoms with E-state index in [0.29, 0.717) is 28.7 Å². The lowest BCUT2D eigenvalue weighted by atomic mass is 10.0. The molecule has 0 bridgehead atoms. The van der Waals surface area contributed by atoms with Gasteiger partial charge in [-0.25, -0.2) is 4.79 Å². The van der Waals surface area contributed by atoms with Crippen LogP contribution in [-0.4, -0.2) is 46.4 Å². The first kappa shape index (κ1) is 25.1. The predicted octanol–water partition coefficient (Wildman–Crippen LogP) is 4.76. The van der Waals surface area contributed by atoms with Crippen molar-refractivity contribution in [2.45, 2.75) is 52.6 Å². The molecular weight excluding hydrogens is 440 g/mol. The summed E-state index contributed by atoms with van der Waals surface area (Å²) in [6.07, 6.45) is 1.74. The summed E-state index contributed by atoms with van der Waals surface area (Å²) in [5.74, 6) is -1.51. The van der Waals surface area contributed by atoms with E-state index in [1.807, 2.05) is 26.0 Å². The maximum Gasteiger partial charge on any atom is 0.375 e. The average molecular weight is 471 g/mol. The van der Waals surface area contributed by atoms with Gasteiger partial charge in [0.1, 0.15) is 36.4 Å². The van der Waals surface area contributed by atoms with E-state index >= 15 is 0 Å². The molecule has 3 aromatic rings. The van der Waals surface area contributed by atoms with Gasteiger partial charge in [0.2, 0.25) is 0 Å². The standard InChI is InChI=1S/C26H30O8/c1-4-7-16-9-6-10-20-23(16)34-25(26(30)31)24(20)33-14-17(28)13-32-21-12-11-18(15(3)27)22(29)19(21)8-5-2/h6,9-12,17,28-29H,4-5,7-8,13-14H2,1-3H3,(H,30,31). The summed E-state index contributed by atoms with van der Waals surface area (Å²) in [4.78, 5) is 23.4. The minimum Gasteiger partial charge on any atom is -0.507 e. The Hall–Kier alpha value is -3.52. The van der Waals surface area contributed by atoms with E-state index in [2.05, 4.69) is 0 Å². The van der Waals surface area contributed by atoms with Crippen LogP contribution in [0, 0.1) is 0 Å². The van der Waals surface area contributed by atoms with Crippen molar-refractivity contribution in [3.8, 4) is 17.2 Å². The Morgan fingerprint density at radius 2 is 1.74 bits per heavy atom. The van der Waals surface area contributed by atoms with Crippen LogP contribution in [0.2, 0.25) is 0 Å². The van der Waals surface area contributed by atoms with Gasteiger partial charge in [0.25, 0.3) is 5.76 Å². The van der Waals surface area contributed by atoms with Crippen LogP contribution in [0.25, 0.3) is 11.0 Å². The maximum absolute atomic E-state index is 11.7. The number of ketones is 1. The number of carbonyl (C=O) groups excluding carboxylic acids is 1. The van der Waals surface area contributed by atoms with Crippen LogP contribution >= 0.6 is 0 Å². The number of ether oxygens (including phenoxy) is 2. The lowest BCUT2D eigenvalue weighted by Gasteiger charge is -2.17. The number of phenolic OH excluding ortho intramolecular Hbond substituents is 1. The first-order valence-corrected chi connectivity index (χ1v) is 11.4. The molecular formula is C26H30O8. The van der Waals surface area contributed by atoms with E-state index in [1.54, 1.807) is 12.1 Å². The van der Waals surface area contributed by atoms with Crippen LogP contribution in [0.15, 0.2) is 34.7 Å². The smallest absolute Gasteiger partial charge is 0.375 e. The minimum absolute atomic E-state index is 0.0645. The molecule has 34 heavy (non-hydrogen) atoms. The Balaban J connectivity index is 1.75. The maximum atomic E-state index is 11.7. The van der Waals surface area contributed by atoms with Gasteiger partial charge in [-0.05, 0) is 43.5 Å². The fraction of sp³-hybridized carbons (Fsp3) is 0.385. The van der Waals surface area contributed by atoms with Crippen LogP contribution in [0.1, 0.15) is 65.7 Å². The molecule has 0 fully saturated rings. The number of aliphatic hydroxyl groups is 1. The van der Waals surface area contributed by atoms with Crippen LogP contribution in [0.5, 0.6) is 17.2 Å². The molecule has 3 rings (SSSR count). The molecule has 3 N–H and O–H groups in total. The van der Waals surface area contributed by atoms with Crippen LogP contribution in [-0.2, 0) is 12.8 Å². The molecule has 0 aliphatic rings. The molecule has 1 heterocycles. The number of aliphatic hydroxyl groups excluding tert-OH is 1. The van der Waals surface area contributed by atoms with Gasteiger partial charge < -0.3 is 29.2 Å². The Kier molecular flexibility index (Phi) is 8.17. The van der Waals surface area contributed by atoms with Crippen molar-refractivity contribution in [2.24, 2.45) is 0 Å². The summed E-state index contributed by atoms with van der Waals surface area (Å²) in [7, 11) is 0. The predicted molar refractivity (Wildman–Crippen MR) is 126 cm³/mol. The molecule has 0 saturated carbocycles. The second-order valence-corrected chi connectivity index (χ2v) is 8.13. The van der Waals surface area contributed by atoms with E-state index in [1.165, 1.54) is 13.0 Å². The first-order chi connectivity index (χ1) is 16.3. The van der Waals surface area contributed by atoms with Gasteiger partial charge in [0.05, 0.1) is 10.9 Å². The molecule has 1 atom stereocenters. The molecule has 0 aliphatic carbocycles. The summed E-state index contributed by atoms with van der Waals surface area (Å²) in [5.41, 5.74) is 2.07. The zero-order valence-electron chi connectivity index (χ0n) is 19.6. The Morgan fingerprint density at radius 3 is 2.38 bits per heavy atom. The minimum atomic E-state index is -1.26. The first-order valence-electron chi connectivity index (χ1n) is 11.4. The monoisotopic (exact) mass is 470 g/mol. The SMILES string of the molecule is CCCc1c(OCC(O)COc2c(C(=O)O)oc3c(CCC)cccc23)ccc(C(C)=O)c1O. The largest absolute Gasteiger partial charge is 0.507 e. The highest BCUT2D eigenvalue weighted by atomic mass is 16.5. The summed E-state index contributed by atoms with van der Waals surface area (Å²) in [6.45, 7) is 4.95. The van der Waals surface area contributed by atoms with Crippen molar-refractivity contribution in [3.63, 3.8) is 0 Å². The van der Waals surface area contributed by atoms with Crippen LogP contribution in [0.3, 0.4) is 0 Å². The number of carboxylic acid groups (broad SMARTS) is 1. The number of para-hydroxylation sites is 1. The number of carboxylic acids is 1. The van der Waals surface area contributed by atoms with E-state index in [4.69, 9.17) is 13.9 Å². The summed E-state index contributed by atoms with van der Waals surface area (Å²) in [6, 6.07) is 8.50. The second-order valence-electron chi connectivity index (χ2n) is 8.13. The van der Waals surface area contributed by atoms with E-state index in [-0.39, 0.29) is 41.8 Å². The highest BCUT2D eigenvalue weighted by molar-refractivity contribution is 5.99. The molecule has 0 spiro atoms. The van der Waals surface area contributed by atoms with Gasteiger partial charge >= 0.3 is 5.97 Å². The highest BCUT2D eigenvalue weighted by Crippen LogP contribution is 2.36. The van der Waals surface area contributed by atoms with Crippen molar-refractivity contribution in [2.75, 3.05) is 13.2 Å². The third-order valence-electron chi connectivity index (χ3n) is 5.44. The zero-order chi connectivity index (χ0) is 24.8. The number of aromatic hydroxyl groups is 1. The topological polar surface area (TPSA) is 126 Å². The van der Waals surface area contributed by atoms with Gasteiger partial charge in [-0.15, -0.1) is 0 Å². The summed E-state index contributed by atoms with van der Waals surface area (Å²) >= 11 is 0. The average Bonchev–Trinajstić information content (AvgIpc) is 3.18. The molecule has 2 aromatic carbocycles. The summed E-state index contributed by atoms with van der Waals surface area (Å²) < 4.78 is 17.0. The number of aromatic carboxylic acids is 1. The number of carbonyl (C=O) groups is 2. The van der Waals surface area contributed by atoms with Crippen molar-refractivity contribution in [1.82, 2.24) is 0 Å². The van der Waals surface area contributed by atoms with Crippen molar-refractivity contribution >= 4 is 22.7 Å². The fourth-order valence-corrected chi connectivity index (χ4v) is 3.85. The molecule has 0 aliphatic heterocycles. The number of phenols is 1. The molecule has 0 saturated heterocycles. The Labute approximate surface area is 197 Å². The number of hydrogen-bond donors (Lipinski definition) is 3. The van der Waals surface area contributed by atoms with Crippen molar-refractivity contribution in [1.29, 1.82) is 0 Å². The number of aryl methyl sites for hydroxylation is 1. The number of rotatable bonds is 12. The van der Waals surface area contributed by atoms with Gasteiger partial charge in [0, 0.05) is 5.56 Å². The van der Waals surface area contributed by atoms with Gasteiger partial charge in [0.15, 0.2) is 11.5 Å². The number of furan rings is 1. The summed E-state index contributed by atoms with van der Waals surface area (Å²) in [5, 5.41) is 31.0. The fourth-order valence-electron chi connectivity index (χ4n) is 3.85. The van der Waals surface area contributed by atoms with Gasteiger partial charge in [-0.1, -0.05) is 38.8 Å². The zero-order valence-corrected chi connectivity index (χ0v) is 19.6. The molecule has 0 radical (unpaired) electrons. The molecule has 1 aromatic heterocycles. The molecule has 8 heteroatoms. The van der Waals surface area contributed by atoms with Gasteiger partial charge in [-0.2, -0.15) is 0 Å². The van der Waals surface area contributed by atoms with Crippen LogP contribution < -0.4 is 9.47 Å². The highest BCUT2D eigenvalue weighted by Gasteiger charge is 2.24. The van der Waals surface area contributed by atoms with Crippen LogP contribution in [0.4, 0.5) is 0 Å². The third kappa shape index (κ3) is 5.34. The Bertz CT molecular complexity index is 1180. The van der Waals surface area contributed by atoms with E-state index < -0.39 is 12.1 Å². The van der Waals surface area contributed by atoms with Crippen molar-refractivity contribution in [3.05, 3.63) is 52.8 Å². The van der Waals surface area contributed by atoms with E-state index in [9.17, 15) is 24.9 Å². The molecule has 182 valence electrons. The number of fused-ring (bicyclic) bond motifs is 1. The number of benzene rings is 2. The molecule has 0 amide bonds. The number of Topliss-reactive ketones (excluding diaryl/α,β-unsaturated/α-hetero) is 1. The quantitative estimate of drug-likeness (QED) is 0.323. The lowest BCUT2D eigenvalue weighted by Crippen LogP contribution is -2.25. The third-order valence-corrected chi connectivity index (χ3v) is 5.44. The van der Waals surface area contributed by atoms with Crippen molar-refractivity contribution < 1.29 is 38.8 Å². The van der Waals surface area contributed by atoms with E-state index in [0.717, 1.165) is 24.8 Å². The molecule has 1 unspecified atom stereocenters.